The maximum Gasteiger partial charge on any atom is 0.0467 e. The number of hydrogen-bond acceptors (Lipinski definition) is 1. The van der Waals surface area contributed by atoms with E-state index in [1.165, 1.54) is 11.1 Å². The smallest absolute Gasteiger partial charge is 0.0467 e. The Labute approximate surface area is 194 Å². The minimum absolute atomic E-state index is 0.751. The van der Waals surface area contributed by atoms with Crippen molar-refractivity contribution in [1.29, 1.82) is 0 Å². The van der Waals surface area contributed by atoms with Gasteiger partial charge in [-0.15, -0.1) is 0 Å². The zero-order chi connectivity index (χ0) is 21.8. The van der Waals surface area contributed by atoms with Crippen molar-refractivity contribution in [3.63, 3.8) is 0 Å². The Bertz CT molecular complexity index is 1270. The lowest BCUT2D eigenvalue weighted by molar-refractivity contribution is 1.28. The van der Waals surface area contributed by atoms with Crippen molar-refractivity contribution in [2.24, 2.45) is 0 Å². The first-order valence-corrected chi connectivity index (χ1v) is 11.0. The summed E-state index contributed by atoms with van der Waals surface area (Å²) in [6.07, 6.45) is 0. The molecule has 0 aliphatic rings. The number of nitrogens with zero attached hydrogens (tertiary/aromatic N) is 1. The van der Waals surface area contributed by atoms with E-state index in [9.17, 15) is 0 Å². The molecule has 0 saturated heterocycles. The van der Waals surface area contributed by atoms with Crippen LogP contribution in [0.25, 0.3) is 22.3 Å². The lowest BCUT2D eigenvalue weighted by atomic mass is 10.00. The van der Waals surface area contributed by atoms with Crippen LogP contribution in [0.5, 0.6) is 0 Å². The first-order valence-electron chi connectivity index (χ1n) is 10.6. The number of para-hydroxylation sites is 2. The van der Waals surface area contributed by atoms with Crippen LogP contribution < -0.4 is 4.90 Å². The number of hydrogen-bond donors (Lipinski definition) is 0. The van der Waals surface area contributed by atoms with Gasteiger partial charge in [-0.05, 0) is 70.8 Å². The van der Waals surface area contributed by atoms with Gasteiger partial charge in [0.15, 0.2) is 0 Å². The zero-order valence-corrected chi connectivity index (χ0v) is 18.3. The molecule has 0 unspecified atom stereocenters. The van der Waals surface area contributed by atoms with Gasteiger partial charge in [0.2, 0.25) is 0 Å². The summed E-state index contributed by atoms with van der Waals surface area (Å²) in [5.41, 5.74) is 8.02. The lowest BCUT2D eigenvalue weighted by Gasteiger charge is -2.25. The second kappa shape index (κ2) is 9.13. The second-order valence-electron chi connectivity index (χ2n) is 7.64. The fraction of sp³-hybridized carbons (Fsp3) is 0. The van der Waals surface area contributed by atoms with Crippen LogP contribution in [0, 0.1) is 0 Å². The summed E-state index contributed by atoms with van der Waals surface area (Å²) in [6, 6.07) is 46.2. The van der Waals surface area contributed by atoms with Crippen LogP contribution >= 0.6 is 11.6 Å². The van der Waals surface area contributed by atoms with Crippen LogP contribution in [0.1, 0.15) is 0 Å². The van der Waals surface area contributed by atoms with Gasteiger partial charge >= 0.3 is 0 Å². The maximum atomic E-state index is 6.17. The Morgan fingerprint density at radius 1 is 0.375 bits per heavy atom. The standard InChI is InChI=1S/C30H22ClN/c31-27-11-7-9-25(21-27)23-17-19-24(20-18-23)26-10-8-16-30(22-26)32(28-12-3-1-4-13-28)29-14-5-2-6-15-29/h1-22H. The molecule has 0 aliphatic carbocycles. The number of anilines is 3. The molecule has 0 N–H and O–H groups in total. The molecule has 0 bridgehead atoms. The Balaban J connectivity index is 1.52. The third kappa shape index (κ3) is 4.30. The van der Waals surface area contributed by atoms with Crippen LogP contribution in [0.15, 0.2) is 133 Å². The Morgan fingerprint density at radius 3 is 1.38 bits per heavy atom. The molecule has 154 valence electrons. The van der Waals surface area contributed by atoms with Crippen LogP contribution in [0.4, 0.5) is 17.1 Å². The molecule has 0 spiro atoms. The van der Waals surface area contributed by atoms with E-state index in [0.717, 1.165) is 33.2 Å². The molecule has 0 radical (unpaired) electrons. The molecule has 0 aliphatic heterocycles. The predicted octanol–water partition coefficient (Wildman–Crippen LogP) is 9.14. The summed E-state index contributed by atoms with van der Waals surface area (Å²) in [4.78, 5) is 2.28. The molecule has 0 heterocycles. The molecule has 0 amide bonds. The summed E-state index contributed by atoms with van der Waals surface area (Å²) in [5.74, 6) is 0. The van der Waals surface area contributed by atoms with Crippen LogP contribution in [-0.2, 0) is 0 Å². The van der Waals surface area contributed by atoms with Crippen molar-refractivity contribution >= 4 is 28.7 Å². The molecule has 2 heteroatoms. The highest BCUT2D eigenvalue weighted by molar-refractivity contribution is 6.30. The van der Waals surface area contributed by atoms with E-state index in [4.69, 9.17) is 11.6 Å². The van der Waals surface area contributed by atoms with Crippen LogP contribution in [0.3, 0.4) is 0 Å². The minimum atomic E-state index is 0.751. The number of benzene rings is 5. The summed E-state index contributed by atoms with van der Waals surface area (Å²) in [5, 5.41) is 0.751. The Morgan fingerprint density at radius 2 is 0.844 bits per heavy atom. The van der Waals surface area contributed by atoms with Gasteiger partial charge in [0.05, 0.1) is 0 Å². The SMILES string of the molecule is Clc1cccc(-c2ccc(-c3cccc(N(c4ccccc4)c4ccccc4)c3)cc2)c1. The summed E-state index contributed by atoms with van der Waals surface area (Å²) >= 11 is 6.17. The molecule has 32 heavy (non-hydrogen) atoms. The zero-order valence-electron chi connectivity index (χ0n) is 17.5. The van der Waals surface area contributed by atoms with E-state index in [2.05, 4.69) is 108 Å². The fourth-order valence-corrected chi connectivity index (χ4v) is 4.14. The molecule has 5 rings (SSSR count). The van der Waals surface area contributed by atoms with Crippen molar-refractivity contribution in [2.45, 2.75) is 0 Å². The maximum absolute atomic E-state index is 6.17. The van der Waals surface area contributed by atoms with Gasteiger partial charge in [-0.2, -0.15) is 0 Å². The molecule has 0 saturated carbocycles. The molecule has 1 nitrogen and oxygen atoms in total. The summed E-state index contributed by atoms with van der Waals surface area (Å²) in [6.45, 7) is 0. The van der Waals surface area contributed by atoms with Crippen LogP contribution in [0.2, 0.25) is 5.02 Å². The largest absolute Gasteiger partial charge is 0.310 e. The molecule has 0 fully saturated rings. The lowest BCUT2D eigenvalue weighted by Crippen LogP contribution is -2.09. The van der Waals surface area contributed by atoms with Gasteiger partial charge in [-0.3, -0.25) is 0 Å². The van der Waals surface area contributed by atoms with E-state index >= 15 is 0 Å². The van der Waals surface area contributed by atoms with E-state index < -0.39 is 0 Å². The Hall–Kier alpha value is -3.81. The number of rotatable bonds is 5. The monoisotopic (exact) mass is 431 g/mol. The average Bonchev–Trinajstić information content (AvgIpc) is 2.86. The van der Waals surface area contributed by atoms with Crippen molar-refractivity contribution in [3.05, 3.63) is 138 Å². The molecule has 0 aromatic heterocycles. The van der Waals surface area contributed by atoms with Gasteiger partial charge in [0, 0.05) is 22.1 Å². The predicted molar refractivity (Wildman–Crippen MR) is 137 cm³/mol. The van der Waals surface area contributed by atoms with E-state index in [-0.39, 0.29) is 0 Å². The molecular weight excluding hydrogens is 410 g/mol. The second-order valence-corrected chi connectivity index (χ2v) is 8.08. The minimum Gasteiger partial charge on any atom is -0.310 e. The topological polar surface area (TPSA) is 3.24 Å². The third-order valence-corrected chi connectivity index (χ3v) is 5.74. The average molecular weight is 432 g/mol. The molecule has 0 atom stereocenters. The molecule has 5 aromatic rings. The van der Waals surface area contributed by atoms with Gasteiger partial charge in [-0.25, -0.2) is 0 Å². The van der Waals surface area contributed by atoms with Crippen molar-refractivity contribution < 1.29 is 0 Å². The van der Waals surface area contributed by atoms with Crippen molar-refractivity contribution in [1.82, 2.24) is 0 Å². The van der Waals surface area contributed by atoms with E-state index in [1.807, 2.05) is 30.3 Å². The van der Waals surface area contributed by atoms with Gasteiger partial charge in [0.25, 0.3) is 0 Å². The quantitative estimate of drug-likeness (QED) is 0.268. The summed E-state index contributed by atoms with van der Waals surface area (Å²) < 4.78 is 0. The normalized spacial score (nSPS) is 10.7. The van der Waals surface area contributed by atoms with Gasteiger partial charge in [0.1, 0.15) is 0 Å². The first-order chi connectivity index (χ1) is 15.8. The highest BCUT2D eigenvalue weighted by Gasteiger charge is 2.12. The highest BCUT2D eigenvalue weighted by Crippen LogP contribution is 2.36. The first kappa shape index (κ1) is 20.1. The Kier molecular flexibility index (Phi) is 5.74. The molecular formula is C30H22ClN. The van der Waals surface area contributed by atoms with Gasteiger partial charge < -0.3 is 4.90 Å². The van der Waals surface area contributed by atoms with Gasteiger partial charge in [-0.1, -0.05) is 96.5 Å². The third-order valence-electron chi connectivity index (χ3n) is 5.51. The van der Waals surface area contributed by atoms with Crippen LogP contribution in [-0.4, -0.2) is 0 Å². The highest BCUT2D eigenvalue weighted by atomic mass is 35.5. The van der Waals surface area contributed by atoms with Crippen molar-refractivity contribution in [2.75, 3.05) is 4.90 Å². The summed E-state index contributed by atoms with van der Waals surface area (Å²) in [7, 11) is 0. The van der Waals surface area contributed by atoms with Crippen molar-refractivity contribution in [3.8, 4) is 22.3 Å². The number of halogens is 1. The van der Waals surface area contributed by atoms with E-state index in [1.54, 1.807) is 0 Å². The molecule has 5 aromatic carbocycles. The van der Waals surface area contributed by atoms with E-state index in [0.29, 0.717) is 0 Å². The fourth-order valence-electron chi connectivity index (χ4n) is 3.95.